The van der Waals surface area contributed by atoms with Crippen LogP contribution >= 0.6 is 0 Å². The van der Waals surface area contributed by atoms with Gasteiger partial charge < -0.3 is 15.4 Å². The highest BCUT2D eigenvalue weighted by molar-refractivity contribution is 5.67. The standard InChI is InChI=1S/C16H22N2O2/c1-13(2)12-20-16(19)18(3)11-15-7-4-6-14(10-15)8-5-9-17/h4,6-7,10,13H,9,11-12,17H2,1-3H3. The van der Waals surface area contributed by atoms with Crippen molar-refractivity contribution < 1.29 is 9.53 Å². The van der Waals surface area contributed by atoms with Gasteiger partial charge in [-0.25, -0.2) is 4.79 Å². The molecule has 0 aliphatic carbocycles. The Bertz CT molecular complexity index is 501. The van der Waals surface area contributed by atoms with Gasteiger partial charge in [0.05, 0.1) is 13.2 Å². The summed E-state index contributed by atoms with van der Waals surface area (Å²) >= 11 is 0. The van der Waals surface area contributed by atoms with Gasteiger partial charge in [0.25, 0.3) is 0 Å². The maximum atomic E-state index is 11.8. The van der Waals surface area contributed by atoms with Gasteiger partial charge in [-0.05, 0) is 23.6 Å². The van der Waals surface area contributed by atoms with Crippen molar-refractivity contribution >= 4 is 6.09 Å². The summed E-state index contributed by atoms with van der Waals surface area (Å²) in [4.78, 5) is 13.3. The predicted octanol–water partition coefficient (Wildman–Crippen LogP) is 2.22. The van der Waals surface area contributed by atoms with Crippen LogP contribution in [0.4, 0.5) is 4.79 Å². The first kappa shape index (κ1) is 16.1. The van der Waals surface area contributed by atoms with Gasteiger partial charge in [0.15, 0.2) is 0 Å². The van der Waals surface area contributed by atoms with Crippen LogP contribution in [0.15, 0.2) is 24.3 Å². The second-order valence-electron chi connectivity index (χ2n) is 5.03. The van der Waals surface area contributed by atoms with Crippen molar-refractivity contribution in [3.05, 3.63) is 35.4 Å². The molecule has 2 N–H and O–H groups in total. The molecular formula is C16H22N2O2. The first-order valence-electron chi connectivity index (χ1n) is 6.68. The van der Waals surface area contributed by atoms with Crippen LogP contribution in [-0.4, -0.2) is 31.2 Å². The van der Waals surface area contributed by atoms with Crippen molar-refractivity contribution in [1.29, 1.82) is 0 Å². The topological polar surface area (TPSA) is 55.6 Å². The molecule has 108 valence electrons. The largest absolute Gasteiger partial charge is 0.449 e. The van der Waals surface area contributed by atoms with Crippen LogP contribution in [0, 0.1) is 17.8 Å². The molecule has 0 aliphatic heterocycles. The quantitative estimate of drug-likeness (QED) is 0.857. The lowest BCUT2D eigenvalue weighted by Gasteiger charge is -2.18. The first-order valence-corrected chi connectivity index (χ1v) is 6.68. The van der Waals surface area contributed by atoms with E-state index in [9.17, 15) is 4.79 Å². The van der Waals surface area contributed by atoms with Crippen LogP contribution < -0.4 is 5.73 Å². The normalized spacial score (nSPS) is 9.85. The van der Waals surface area contributed by atoms with E-state index in [4.69, 9.17) is 10.5 Å². The van der Waals surface area contributed by atoms with E-state index >= 15 is 0 Å². The second-order valence-corrected chi connectivity index (χ2v) is 5.03. The highest BCUT2D eigenvalue weighted by Gasteiger charge is 2.11. The number of rotatable bonds is 4. The van der Waals surface area contributed by atoms with E-state index < -0.39 is 0 Å². The number of ether oxygens (including phenoxy) is 1. The van der Waals surface area contributed by atoms with Crippen molar-refractivity contribution in [3.8, 4) is 11.8 Å². The molecule has 0 aromatic heterocycles. The van der Waals surface area contributed by atoms with Crippen LogP contribution in [-0.2, 0) is 11.3 Å². The number of carbonyl (C=O) groups is 1. The Balaban J connectivity index is 2.61. The van der Waals surface area contributed by atoms with E-state index in [2.05, 4.69) is 11.8 Å². The van der Waals surface area contributed by atoms with Gasteiger partial charge in [-0.1, -0.05) is 37.8 Å². The third kappa shape index (κ3) is 5.77. The lowest BCUT2D eigenvalue weighted by atomic mass is 10.1. The molecule has 1 amide bonds. The predicted molar refractivity (Wildman–Crippen MR) is 80.0 cm³/mol. The van der Waals surface area contributed by atoms with Gasteiger partial charge in [0, 0.05) is 19.2 Å². The molecule has 0 radical (unpaired) electrons. The smallest absolute Gasteiger partial charge is 0.409 e. The van der Waals surface area contributed by atoms with Crippen molar-refractivity contribution in [2.75, 3.05) is 20.2 Å². The summed E-state index contributed by atoms with van der Waals surface area (Å²) < 4.78 is 5.18. The maximum absolute atomic E-state index is 11.8. The molecule has 0 heterocycles. The Hall–Kier alpha value is -1.99. The van der Waals surface area contributed by atoms with E-state index in [1.807, 2.05) is 38.1 Å². The molecule has 0 saturated heterocycles. The molecule has 20 heavy (non-hydrogen) atoms. The molecule has 1 aromatic carbocycles. The Kier molecular flexibility index (Phi) is 6.61. The minimum Gasteiger partial charge on any atom is -0.449 e. The Morgan fingerprint density at radius 3 is 2.85 bits per heavy atom. The molecule has 0 saturated carbocycles. The van der Waals surface area contributed by atoms with E-state index in [0.29, 0.717) is 25.6 Å². The maximum Gasteiger partial charge on any atom is 0.409 e. The molecule has 0 spiro atoms. The molecule has 0 fully saturated rings. The van der Waals surface area contributed by atoms with Crippen molar-refractivity contribution in [3.63, 3.8) is 0 Å². The summed E-state index contributed by atoms with van der Waals surface area (Å²) in [5.74, 6) is 6.13. The van der Waals surface area contributed by atoms with Crippen LogP contribution in [0.5, 0.6) is 0 Å². The third-order valence-electron chi connectivity index (χ3n) is 2.53. The number of benzene rings is 1. The highest BCUT2D eigenvalue weighted by atomic mass is 16.6. The van der Waals surface area contributed by atoms with E-state index in [1.54, 1.807) is 11.9 Å². The summed E-state index contributed by atoms with van der Waals surface area (Å²) in [6.45, 7) is 5.28. The molecule has 0 unspecified atom stereocenters. The Morgan fingerprint density at radius 2 is 2.20 bits per heavy atom. The van der Waals surface area contributed by atoms with Crippen molar-refractivity contribution in [1.82, 2.24) is 4.90 Å². The number of amides is 1. The van der Waals surface area contributed by atoms with E-state index in [0.717, 1.165) is 11.1 Å². The summed E-state index contributed by atoms with van der Waals surface area (Å²) in [6, 6.07) is 7.75. The van der Waals surface area contributed by atoms with Crippen molar-refractivity contribution in [2.24, 2.45) is 11.7 Å². The minimum absolute atomic E-state index is 0.308. The summed E-state index contributed by atoms with van der Waals surface area (Å²) in [7, 11) is 1.72. The Morgan fingerprint density at radius 1 is 1.45 bits per heavy atom. The average molecular weight is 274 g/mol. The van der Waals surface area contributed by atoms with Crippen LogP contribution in [0.2, 0.25) is 0 Å². The number of carbonyl (C=O) groups excluding carboxylic acids is 1. The van der Waals surface area contributed by atoms with Gasteiger partial charge in [0.2, 0.25) is 0 Å². The Labute approximate surface area is 120 Å². The zero-order valence-corrected chi connectivity index (χ0v) is 12.3. The van der Waals surface area contributed by atoms with Crippen molar-refractivity contribution in [2.45, 2.75) is 20.4 Å². The van der Waals surface area contributed by atoms with Gasteiger partial charge in [-0.15, -0.1) is 0 Å². The van der Waals surface area contributed by atoms with Crippen LogP contribution in [0.3, 0.4) is 0 Å². The SMILES string of the molecule is CC(C)COC(=O)N(C)Cc1cccc(C#CCN)c1. The highest BCUT2D eigenvalue weighted by Crippen LogP contribution is 2.08. The molecular weight excluding hydrogens is 252 g/mol. The van der Waals surface area contributed by atoms with Crippen LogP contribution in [0.1, 0.15) is 25.0 Å². The summed E-state index contributed by atoms with van der Waals surface area (Å²) in [5, 5.41) is 0. The first-order chi connectivity index (χ1) is 9.52. The number of hydrogen-bond acceptors (Lipinski definition) is 3. The zero-order valence-electron chi connectivity index (χ0n) is 12.3. The van der Waals surface area contributed by atoms with Gasteiger partial charge >= 0.3 is 6.09 Å². The fourth-order valence-electron chi connectivity index (χ4n) is 1.59. The average Bonchev–Trinajstić information content (AvgIpc) is 2.42. The second kappa shape index (κ2) is 8.23. The lowest BCUT2D eigenvalue weighted by Crippen LogP contribution is -2.28. The molecule has 4 heteroatoms. The number of nitrogens with two attached hydrogens (primary N) is 1. The fraction of sp³-hybridized carbons (Fsp3) is 0.438. The minimum atomic E-state index is -0.308. The van der Waals surface area contributed by atoms with E-state index in [1.165, 1.54) is 0 Å². The van der Waals surface area contributed by atoms with E-state index in [-0.39, 0.29) is 6.09 Å². The molecule has 0 bridgehead atoms. The van der Waals surface area contributed by atoms with Crippen LogP contribution in [0.25, 0.3) is 0 Å². The molecule has 1 aromatic rings. The molecule has 4 nitrogen and oxygen atoms in total. The fourth-order valence-corrected chi connectivity index (χ4v) is 1.59. The van der Waals surface area contributed by atoms with Gasteiger partial charge in [-0.3, -0.25) is 0 Å². The number of nitrogens with zero attached hydrogens (tertiary/aromatic N) is 1. The molecule has 0 atom stereocenters. The van der Waals surface area contributed by atoms with Gasteiger partial charge in [-0.2, -0.15) is 0 Å². The molecule has 0 aliphatic rings. The zero-order chi connectivity index (χ0) is 15.0. The monoisotopic (exact) mass is 274 g/mol. The molecule has 1 rings (SSSR count). The number of hydrogen-bond donors (Lipinski definition) is 1. The summed E-state index contributed by atoms with van der Waals surface area (Å²) in [6.07, 6.45) is -0.308. The lowest BCUT2D eigenvalue weighted by molar-refractivity contribution is 0.0980. The van der Waals surface area contributed by atoms with Gasteiger partial charge in [0.1, 0.15) is 0 Å². The third-order valence-corrected chi connectivity index (χ3v) is 2.53. The summed E-state index contributed by atoms with van der Waals surface area (Å²) in [5.41, 5.74) is 7.26.